The van der Waals surface area contributed by atoms with E-state index < -0.39 is 17.8 Å². The molecule has 214 valence electrons. The summed E-state index contributed by atoms with van der Waals surface area (Å²) in [6.45, 7) is 5.12. The van der Waals surface area contributed by atoms with Crippen LogP contribution in [-0.2, 0) is 0 Å². The molecule has 0 saturated heterocycles. The maximum atomic E-state index is 14.5. The summed E-state index contributed by atoms with van der Waals surface area (Å²) >= 11 is 5.88. The minimum atomic E-state index is -1.06. The maximum absolute atomic E-state index is 14.5. The van der Waals surface area contributed by atoms with E-state index in [-0.39, 0.29) is 16.4 Å². The van der Waals surface area contributed by atoms with Crippen LogP contribution in [-0.4, -0.2) is 34.3 Å². The molecule has 7 nitrogen and oxygen atoms in total. The number of nitrogens with zero attached hydrogens (tertiary/aromatic N) is 2. The molecule has 0 spiro atoms. The van der Waals surface area contributed by atoms with Crippen molar-refractivity contribution in [2.24, 2.45) is 5.92 Å². The zero-order valence-corrected chi connectivity index (χ0v) is 23.9. The largest absolute Gasteiger partial charge is 0.477 e. The SMILES string of the molecule is CC(C)CN(c1ccc(-n2c(C(=O)O)cc3ccccc32)cc1NC(=O)Nc1ccc(Cl)cc1F)C1CCCCC1. The average Bonchev–Trinajstić information content (AvgIpc) is 3.34. The van der Waals surface area contributed by atoms with Gasteiger partial charge >= 0.3 is 12.0 Å². The summed E-state index contributed by atoms with van der Waals surface area (Å²) < 4.78 is 16.1. The molecule has 0 atom stereocenters. The van der Waals surface area contributed by atoms with Crippen LogP contribution >= 0.6 is 11.6 Å². The average molecular weight is 577 g/mol. The lowest BCUT2D eigenvalue weighted by Crippen LogP contribution is -2.40. The van der Waals surface area contributed by atoms with E-state index in [0.717, 1.165) is 54.9 Å². The zero-order chi connectivity index (χ0) is 29.1. The summed E-state index contributed by atoms with van der Waals surface area (Å²) in [6.07, 6.45) is 5.62. The molecular formula is C32H34ClFN4O3. The molecule has 41 heavy (non-hydrogen) atoms. The predicted molar refractivity (Wildman–Crippen MR) is 163 cm³/mol. The van der Waals surface area contributed by atoms with Crippen molar-refractivity contribution >= 4 is 51.6 Å². The highest BCUT2D eigenvalue weighted by molar-refractivity contribution is 6.30. The minimum Gasteiger partial charge on any atom is -0.477 e. The van der Waals surface area contributed by atoms with Crippen molar-refractivity contribution in [1.29, 1.82) is 0 Å². The summed E-state index contributed by atoms with van der Waals surface area (Å²) in [6, 6.07) is 18.5. The van der Waals surface area contributed by atoms with E-state index in [1.54, 1.807) is 16.7 Å². The number of aromatic carboxylic acids is 1. The Labute approximate surface area is 243 Å². The number of para-hydroxylation sites is 1. The number of benzene rings is 3. The number of carbonyl (C=O) groups is 2. The van der Waals surface area contributed by atoms with Crippen LogP contribution in [0.2, 0.25) is 5.02 Å². The quantitative estimate of drug-likeness (QED) is 0.196. The Hall–Kier alpha value is -4.04. The number of fused-ring (bicyclic) bond motifs is 1. The van der Waals surface area contributed by atoms with Gasteiger partial charge in [-0.25, -0.2) is 14.0 Å². The number of rotatable bonds is 8. The van der Waals surface area contributed by atoms with Gasteiger partial charge in [0.2, 0.25) is 0 Å². The van der Waals surface area contributed by atoms with Crippen molar-refractivity contribution in [2.75, 3.05) is 22.1 Å². The van der Waals surface area contributed by atoms with Crippen LogP contribution in [0.4, 0.5) is 26.2 Å². The van der Waals surface area contributed by atoms with Gasteiger partial charge in [-0.1, -0.05) is 62.9 Å². The second-order valence-corrected chi connectivity index (χ2v) is 11.4. The van der Waals surface area contributed by atoms with Crippen molar-refractivity contribution in [1.82, 2.24) is 4.57 Å². The van der Waals surface area contributed by atoms with Crippen molar-refractivity contribution in [3.05, 3.63) is 83.3 Å². The molecular weight excluding hydrogens is 543 g/mol. The lowest BCUT2D eigenvalue weighted by molar-refractivity contribution is 0.0688. The fraction of sp³-hybridized carbons (Fsp3) is 0.312. The van der Waals surface area contributed by atoms with Crippen LogP contribution in [0.3, 0.4) is 0 Å². The molecule has 0 radical (unpaired) electrons. The highest BCUT2D eigenvalue weighted by atomic mass is 35.5. The molecule has 1 heterocycles. The molecule has 3 aromatic carbocycles. The van der Waals surface area contributed by atoms with Crippen LogP contribution < -0.4 is 15.5 Å². The van der Waals surface area contributed by atoms with Crippen LogP contribution in [0.1, 0.15) is 56.4 Å². The van der Waals surface area contributed by atoms with E-state index >= 15 is 0 Å². The zero-order valence-electron chi connectivity index (χ0n) is 23.2. The first-order valence-electron chi connectivity index (χ1n) is 14.0. The molecule has 4 aromatic rings. The van der Waals surface area contributed by atoms with E-state index in [9.17, 15) is 19.1 Å². The van der Waals surface area contributed by atoms with Gasteiger partial charge < -0.3 is 25.2 Å². The van der Waals surface area contributed by atoms with Crippen LogP contribution in [0.15, 0.2) is 66.7 Å². The Morgan fingerprint density at radius 3 is 2.44 bits per heavy atom. The third-order valence-electron chi connectivity index (χ3n) is 7.48. The van der Waals surface area contributed by atoms with Crippen molar-refractivity contribution < 1.29 is 19.1 Å². The first kappa shape index (κ1) is 28.5. The van der Waals surface area contributed by atoms with E-state index in [4.69, 9.17) is 11.6 Å². The molecule has 1 fully saturated rings. The van der Waals surface area contributed by atoms with Gasteiger partial charge in [0.25, 0.3) is 0 Å². The van der Waals surface area contributed by atoms with Gasteiger partial charge in [-0.15, -0.1) is 0 Å². The fourth-order valence-corrected chi connectivity index (χ4v) is 5.86. The normalized spacial score (nSPS) is 13.9. The first-order valence-corrected chi connectivity index (χ1v) is 14.4. The standard InChI is InChI=1S/C32H34ClFN4O3/c1-20(2)19-37(23-9-4-3-5-10-23)29-15-13-24(38-28-11-7-6-8-21(28)16-30(38)31(39)40)18-27(29)36-32(41)35-26-14-12-22(33)17-25(26)34/h6-8,11-18,20,23H,3-5,9-10,19H2,1-2H3,(H,39,40)(H2,35,36,41). The molecule has 0 aliphatic heterocycles. The van der Waals surface area contributed by atoms with Gasteiger partial charge in [0, 0.05) is 28.7 Å². The van der Waals surface area contributed by atoms with E-state index in [0.29, 0.717) is 23.3 Å². The number of halogens is 2. The highest BCUT2D eigenvalue weighted by Gasteiger charge is 2.26. The summed E-state index contributed by atoms with van der Waals surface area (Å²) in [5.41, 5.74) is 2.80. The van der Waals surface area contributed by atoms with Crippen molar-refractivity contribution in [3.8, 4) is 5.69 Å². The number of hydrogen-bond donors (Lipinski definition) is 3. The Bertz CT molecular complexity index is 1580. The monoisotopic (exact) mass is 576 g/mol. The molecule has 5 rings (SSSR count). The Morgan fingerprint density at radius 1 is 1.00 bits per heavy atom. The number of carbonyl (C=O) groups excluding carboxylic acids is 1. The predicted octanol–water partition coefficient (Wildman–Crippen LogP) is 8.56. The lowest BCUT2D eigenvalue weighted by Gasteiger charge is -2.38. The second kappa shape index (κ2) is 12.2. The molecule has 1 aliphatic carbocycles. The molecule has 1 aliphatic rings. The van der Waals surface area contributed by atoms with Crippen molar-refractivity contribution in [3.63, 3.8) is 0 Å². The molecule has 0 unspecified atom stereocenters. The second-order valence-electron chi connectivity index (χ2n) is 11.0. The molecule has 1 aromatic heterocycles. The minimum absolute atomic E-state index is 0.000453. The van der Waals surface area contributed by atoms with Crippen LogP contribution in [0, 0.1) is 11.7 Å². The van der Waals surface area contributed by atoms with Gasteiger partial charge in [0.05, 0.1) is 22.6 Å². The molecule has 1 saturated carbocycles. The number of hydrogen-bond acceptors (Lipinski definition) is 3. The van der Waals surface area contributed by atoms with E-state index in [1.807, 2.05) is 36.4 Å². The van der Waals surface area contributed by atoms with Gasteiger partial charge in [-0.3, -0.25) is 0 Å². The third-order valence-corrected chi connectivity index (χ3v) is 7.72. The molecule has 9 heteroatoms. The number of anilines is 3. The topological polar surface area (TPSA) is 86.6 Å². The molecule has 3 N–H and O–H groups in total. The number of nitrogens with one attached hydrogen (secondary N) is 2. The molecule has 2 amide bonds. The summed E-state index contributed by atoms with van der Waals surface area (Å²) in [7, 11) is 0. The number of aromatic nitrogens is 1. The molecule has 0 bridgehead atoms. The Kier molecular flexibility index (Phi) is 8.49. The summed E-state index contributed by atoms with van der Waals surface area (Å²) in [5, 5.41) is 16.6. The van der Waals surface area contributed by atoms with Gasteiger partial charge in [0.1, 0.15) is 11.5 Å². The summed E-state index contributed by atoms with van der Waals surface area (Å²) in [4.78, 5) is 27.8. The van der Waals surface area contributed by atoms with Gasteiger partial charge in [0.15, 0.2) is 0 Å². The summed E-state index contributed by atoms with van der Waals surface area (Å²) in [5.74, 6) is -1.33. The number of carboxylic acids is 1. The smallest absolute Gasteiger partial charge is 0.352 e. The van der Waals surface area contributed by atoms with Crippen molar-refractivity contribution in [2.45, 2.75) is 52.0 Å². The highest BCUT2D eigenvalue weighted by Crippen LogP contribution is 2.36. The van der Waals surface area contributed by atoms with Crippen LogP contribution in [0.25, 0.3) is 16.6 Å². The lowest BCUT2D eigenvalue weighted by atomic mass is 9.93. The van der Waals surface area contributed by atoms with E-state index in [2.05, 4.69) is 29.4 Å². The van der Waals surface area contributed by atoms with E-state index in [1.165, 1.54) is 18.6 Å². The first-order chi connectivity index (χ1) is 19.7. The number of carboxylic acid groups (broad SMARTS) is 1. The Morgan fingerprint density at radius 2 is 1.73 bits per heavy atom. The third kappa shape index (κ3) is 6.33. The fourth-order valence-electron chi connectivity index (χ4n) is 5.70. The van der Waals surface area contributed by atoms with Crippen LogP contribution in [0.5, 0.6) is 0 Å². The Balaban J connectivity index is 1.60. The number of amides is 2. The maximum Gasteiger partial charge on any atom is 0.352 e. The van der Waals surface area contributed by atoms with Gasteiger partial charge in [-0.05, 0) is 67.3 Å². The number of urea groups is 1. The van der Waals surface area contributed by atoms with Gasteiger partial charge in [-0.2, -0.15) is 0 Å².